The average molecular weight is 649 g/mol. The Morgan fingerprint density at radius 3 is 2.21 bits per heavy atom. The summed E-state index contributed by atoms with van der Waals surface area (Å²) in [6.07, 6.45) is 1.59. The lowest BCUT2D eigenvalue weighted by atomic mass is 10.0. The molecule has 0 saturated heterocycles. The molecule has 3 rings (SSSR count). The van der Waals surface area contributed by atoms with Gasteiger partial charge in [-0.2, -0.15) is 0 Å². The summed E-state index contributed by atoms with van der Waals surface area (Å²) in [5.74, 6) is 0.113. The molecular weight excluding hydrogens is 609 g/mol. The first-order valence-electron chi connectivity index (χ1n) is 14.1. The monoisotopic (exact) mass is 647 g/mol. The molecule has 8 nitrogen and oxygen atoms in total. The maximum atomic E-state index is 14.0. The van der Waals surface area contributed by atoms with E-state index in [9.17, 15) is 18.0 Å². The number of amides is 2. The fourth-order valence-electron chi connectivity index (χ4n) is 4.60. The van der Waals surface area contributed by atoms with Crippen molar-refractivity contribution in [3.05, 3.63) is 94.0 Å². The number of rotatable bonds is 15. The van der Waals surface area contributed by atoms with Crippen LogP contribution in [0.3, 0.4) is 0 Å². The van der Waals surface area contributed by atoms with E-state index in [2.05, 4.69) is 5.32 Å². The Labute approximate surface area is 265 Å². The molecule has 1 N–H and O–H groups in total. The van der Waals surface area contributed by atoms with Gasteiger partial charge in [-0.25, -0.2) is 8.42 Å². The van der Waals surface area contributed by atoms with Crippen molar-refractivity contribution in [3.63, 3.8) is 0 Å². The van der Waals surface area contributed by atoms with Gasteiger partial charge < -0.3 is 15.0 Å². The molecule has 3 aromatic rings. The molecule has 0 heterocycles. The van der Waals surface area contributed by atoms with Crippen molar-refractivity contribution < 1.29 is 22.7 Å². The fourth-order valence-corrected chi connectivity index (χ4v) is 6.07. The van der Waals surface area contributed by atoms with Gasteiger partial charge in [0.2, 0.25) is 21.8 Å². The number of carbonyl (C=O) groups excluding carboxylic acids is 2. The Kier molecular flexibility index (Phi) is 12.7. The number of anilines is 1. The van der Waals surface area contributed by atoms with E-state index in [0.717, 1.165) is 11.8 Å². The molecule has 0 aliphatic rings. The standard InChI is InChI=1S/C32H39Cl2N3O5S/c1-23(2)21-35-32(39)30(19-24-11-6-5-7-12-24)36(22-27-28(33)15-9-16-29(27)34)31(38)17-10-18-37(43(4,40)41)25-13-8-14-26(20-25)42-3/h5-9,11-16,20,23,30H,10,17-19,21-22H2,1-4H3,(H,35,39)/t30-/m1/s1. The van der Waals surface area contributed by atoms with Gasteiger partial charge in [-0.1, -0.05) is 79.5 Å². The average Bonchev–Trinajstić information content (AvgIpc) is 2.97. The van der Waals surface area contributed by atoms with Crippen LogP contribution in [-0.4, -0.2) is 57.6 Å². The van der Waals surface area contributed by atoms with Crippen LogP contribution in [-0.2, 0) is 32.6 Å². The minimum Gasteiger partial charge on any atom is -0.497 e. The van der Waals surface area contributed by atoms with Gasteiger partial charge in [0.15, 0.2) is 0 Å². The summed E-state index contributed by atoms with van der Waals surface area (Å²) in [5.41, 5.74) is 1.85. The Morgan fingerprint density at radius 2 is 1.60 bits per heavy atom. The predicted molar refractivity (Wildman–Crippen MR) is 173 cm³/mol. The Morgan fingerprint density at radius 1 is 0.953 bits per heavy atom. The molecule has 0 bridgehead atoms. The predicted octanol–water partition coefficient (Wildman–Crippen LogP) is 5.96. The number of halogens is 2. The lowest BCUT2D eigenvalue weighted by Crippen LogP contribution is -2.51. The first-order valence-corrected chi connectivity index (χ1v) is 16.7. The quantitative estimate of drug-likeness (QED) is 0.220. The molecule has 0 aliphatic carbocycles. The number of ether oxygens (including phenoxy) is 1. The summed E-state index contributed by atoms with van der Waals surface area (Å²) in [6.45, 7) is 4.50. The highest BCUT2D eigenvalue weighted by Crippen LogP contribution is 2.28. The van der Waals surface area contributed by atoms with Gasteiger partial charge in [-0.05, 0) is 42.2 Å². The third-order valence-electron chi connectivity index (χ3n) is 6.84. The zero-order chi connectivity index (χ0) is 31.6. The molecule has 0 saturated carbocycles. The largest absolute Gasteiger partial charge is 0.497 e. The SMILES string of the molecule is COc1cccc(N(CCCC(=O)N(Cc2c(Cl)cccc2Cl)[C@H](Cc2ccccc2)C(=O)NCC(C)C)S(C)(=O)=O)c1. The van der Waals surface area contributed by atoms with Crippen LogP contribution in [0.4, 0.5) is 5.69 Å². The van der Waals surface area contributed by atoms with E-state index in [1.54, 1.807) is 42.5 Å². The zero-order valence-corrected chi connectivity index (χ0v) is 27.3. The second-order valence-electron chi connectivity index (χ2n) is 10.7. The summed E-state index contributed by atoms with van der Waals surface area (Å²) < 4.78 is 31.9. The number of hydrogen-bond donors (Lipinski definition) is 1. The fraction of sp³-hybridized carbons (Fsp3) is 0.375. The van der Waals surface area contributed by atoms with Crippen LogP contribution >= 0.6 is 23.2 Å². The summed E-state index contributed by atoms with van der Waals surface area (Å²) in [4.78, 5) is 29.1. The van der Waals surface area contributed by atoms with E-state index in [4.69, 9.17) is 27.9 Å². The molecule has 0 radical (unpaired) electrons. The van der Waals surface area contributed by atoms with Gasteiger partial charge in [-0.15, -0.1) is 0 Å². The number of sulfonamides is 1. The molecule has 0 spiro atoms. The molecule has 0 aliphatic heterocycles. The molecule has 2 amide bonds. The molecule has 1 atom stereocenters. The van der Waals surface area contributed by atoms with Gasteiger partial charge >= 0.3 is 0 Å². The van der Waals surface area contributed by atoms with Gasteiger partial charge in [0.1, 0.15) is 11.8 Å². The number of carbonyl (C=O) groups is 2. The molecule has 232 valence electrons. The maximum Gasteiger partial charge on any atom is 0.243 e. The smallest absolute Gasteiger partial charge is 0.243 e. The molecule has 0 unspecified atom stereocenters. The van der Waals surface area contributed by atoms with E-state index in [1.165, 1.54) is 16.3 Å². The third-order valence-corrected chi connectivity index (χ3v) is 8.74. The minimum atomic E-state index is -3.65. The number of nitrogens with one attached hydrogen (secondary N) is 1. The number of methoxy groups -OCH3 is 1. The molecule has 3 aromatic carbocycles. The van der Waals surface area contributed by atoms with Crippen molar-refractivity contribution in [1.29, 1.82) is 0 Å². The number of nitrogens with zero attached hydrogens (tertiary/aromatic N) is 2. The van der Waals surface area contributed by atoms with Crippen LogP contribution < -0.4 is 14.4 Å². The molecule has 43 heavy (non-hydrogen) atoms. The lowest BCUT2D eigenvalue weighted by Gasteiger charge is -2.32. The van der Waals surface area contributed by atoms with Crippen LogP contribution in [0.25, 0.3) is 0 Å². The first kappa shape index (κ1) is 34.2. The van der Waals surface area contributed by atoms with Crippen molar-refractivity contribution >= 4 is 50.7 Å². The van der Waals surface area contributed by atoms with E-state index < -0.39 is 16.1 Å². The van der Waals surface area contributed by atoms with Crippen molar-refractivity contribution in [2.45, 2.75) is 45.7 Å². The number of benzene rings is 3. The highest BCUT2D eigenvalue weighted by atomic mass is 35.5. The third kappa shape index (κ3) is 10.2. The van der Waals surface area contributed by atoms with Gasteiger partial charge in [0, 0.05) is 54.2 Å². The van der Waals surface area contributed by atoms with Gasteiger partial charge in [-0.3, -0.25) is 13.9 Å². The van der Waals surface area contributed by atoms with Crippen LogP contribution in [0.2, 0.25) is 10.0 Å². The topological polar surface area (TPSA) is 96.0 Å². The van der Waals surface area contributed by atoms with Crippen molar-refractivity contribution in [2.24, 2.45) is 5.92 Å². The minimum absolute atomic E-state index is 0.00954. The second kappa shape index (κ2) is 16.0. The normalized spacial score (nSPS) is 12.1. The van der Waals surface area contributed by atoms with Crippen LogP contribution in [0, 0.1) is 5.92 Å². The second-order valence-corrected chi connectivity index (χ2v) is 13.4. The van der Waals surface area contributed by atoms with Crippen molar-refractivity contribution in [3.8, 4) is 5.75 Å². The Balaban J connectivity index is 1.93. The van der Waals surface area contributed by atoms with E-state index in [-0.39, 0.29) is 50.1 Å². The highest BCUT2D eigenvalue weighted by Gasteiger charge is 2.31. The van der Waals surface area contributed by atoms with Crippen LogP contribution in [0.15, 0.2) is 72.8 Å². The van der Waals surface area contributed by atoms with Gasteiger partial charge in [0.25, 0.3) is 0 Å². The first-order chi connectivity index (χ1) is 20.4. The Bertz CT molecular complexity index is 1470. The van der Waals surface area contributed by atoms with E-state index >= 15 is 0 Å². The highest BCUT2D eigenvalue weighted by molar-refractivity contribution is 7.92. The summed E-state index contributed by atoms with van der Waals surface area (Å²) in [7, 11) is -2.15. The molecular formula is C32H39Cl2N3O5S. The van der Waals surface area contributed by atoms with E-state index in [1.807, 2.05) is 44.2 Å². The molecule has 11 heteroatoms. The van der Waals surface area contributed by atoms with E-state index in [0.29, 0.717) is 33.6 Å². The Hall–Kier alpha value is -3.27. The molecule has 0 aromatic heterocycles. The van der Waals surface area contributed by atoms with Crippen molar-refractivity contribution in [2.75, 3.05) is 30.8 Å². The van der Waals surface area contributed by atoms with Crippen LogP contribution in [0.1, 0.15) is 37.8 Å². The van der Waals surface area contributed by atoms with Crippen LogP contribution in [0.5, 0.6) is 5.75 Å². The lowest BCUT2D eigenvalue weighted by molar-refractivity contribution is -0.141. The summed E-state index contributed by atoms with van der Waals surface area (Å²) in [5, 5.41) is 3.75. The summed E-state index contributed by atoms with van der Waals surface area (Å²) in [6, 6.07) is 20.4. The van der Waals surface area contributed by atoms with Gasteiger partial charge in [0.05, 0.1) is 19.1 Å². The zero-order valence-electron chi connectivity index (χ0n) is 24.9. The summed E-state index contributed by atoms with van der Waals surface area (Å²) >= 11 is 13.0. The van der Waals surface area contributed by atoms with Crippen molar-refractivity contribution in [1.82, 2.24) is 10.2 Å². The number of hydrogen-bond acceptors (Lipinski definition) is 5. The molecule has 0 fully saturated rings. The maximum absolute atomic E-state index is 14.0.